The number of rotatable bonds is 11. The largest absolute Gasteiger partial charge is 0.333 e. The van der Waals surface area contributed by atoms with Gasteiger partial charge in [-0.25, -0.2) is 40.6 Å². The molecule has 12 nitrogen and oxygen atoms in total. The van der Waals surface area contributed by atoms with Crippen LogP contribution in [0.15, 0.2) is 63.5 Å². The molecule has 0 fully saturated rings. The number of thiophene rings is 1. The number of benzene rings is 1. The number of sulfonamides is 2. The molecule has 45 heavy (non-hydrogen) atoms. The van der Waals surface area contributed by atoms with Crippen molar-refractivity contribution in [2.45, 2.75) is 16.0 Å². The van der Waals surface area contributed by atoms with E-state index >= 15 is 4.39 Å². The molecule has 1 aromatic carbocycles. The third kappa shape index (κ3) is 6.63. The van der Waals surface area contributed by atoms with Crippen molar-refractivity contribution >= 4 is 71.2 Å². The summed E-state index contributed by atoms with van der Waals surface area (Å²) >= 11 is 6.86. The molecule has 0 saturated heterocycles. The zero-order valence-electron chi connectivity index (χ0n) is 24.3. The van der Waals surface area contributed by atoms with Crippen molar-refractivity contribution in [2.75, 3.05) is 44.3 Å². The Morgan fingerprint density at radius 2 is 1.78 bits per heavy atom. The van der Waals surface area contributed by atoms with Crippen LogP contribution in [0.4, 0.5) is 26.0 Å². The second-order valence-corrected chi connectivity index (χ2v) is 15.4. The highest BCUT2D eigenvalue weighted by atomic mass is 35.5. The summed E-state index contributed by atoms with van der Waals surface area (Å²) in [6.07, 6.45) is 4.10. The average molecular weight is 697 g/mol. The Hall–Kier alpha value is -3.74. The van der Waals surface area contributed by atoms with Crippen LogP contribution in [0, 0.1) is 18.6 Å². The lowest BCUT2D eigenvalue weighted by atomic mass is 10.2. The third-order valence-corrected chi connectivity index (χ3v) is 12.2. The highest BCUT2D eigenvalue weighted by Crippen LogP contribution is 2.34. The number of likely N-dealkylation sites (N-methyl/N-ethyl adjacent to an activating group) is 2. The SMILES string of the molecule is Cc1c(Cl)csc1S(=O)(=O)Nc1ccc(F)c(Nc2ncnc3ccc(-n4ccc(S(=O)(=O)N(C)CCN(C)C)c4)nc23)c1F. The Balaban J connectivity index is 1.46. The molecule has 5 rings (SSSR count). The summed E-state index contributed by atoms with van der Waals surface area (Å²) in [7, 11) is -2.82. The summed E-state index contributed by atoms with van der Waals surface area (Å²) in [5, 5.41) is 4.27. The molecule has 4 aromatic heterocycles. The van der Waals surface area contributed by atoms with Crippen LogP contribution < -0.4 is 10.0 Å². The van der Waals surface area contributed by atoms with Crippen LogP contribution in [0.25, 0.3) is 16.9 Å². The standard InChI is InChI=1S/C27H27ClF2N8O4S3/c1-16-18(28)14-43-27(16)44(39,40)35-20-6-5-19(29)24(23(20)30)34-26-25-21(31-15-32-26)7-8-22(33-25)38-10-9-17(13-38)45(41,42)37(4)12-11-36(2)3/h5-10,13-15,35H,11-12H2,1-4H3,(H,31,32,34). The fourth-order valence-electron chi connectivity index (χ4n) is 4.18. The highest BCUT2D eigenvalue weighted by molar-refractivity contribution is 7.94. The Labute approximate surface area is 267 Å². The number of anilines is 3. The van der Waals surface area contributed by atoms with Gasteiger partial charge in [0.25, 0.3) is 10.0 Å². The van der Waals surface area contributed by atoms with E-state index in [1.165, 1.54) is 53.0 Å². The number of hydrogen-bond acceptors (Lipinski definition) is 10. The lowest BCUT2D eigenvalue weighted by molar-refractivity contribution is 0.358. The Bertz CT molecular complexity index is 2120. The van der Waals surface area contributed by atoms with Crippen LogP contribution in [-0.2, 0) is 20.0 Å². The smallest absolute Gasteiger partial charge is 0.271 e. The van der Waals surface area contributed by atoms with Gasteiger partial charge in [-0.15, -0.1) is 11.3 Å². The van der Waals surface area contributed by atoms with Gasteiger partial charge in [-0.05, 0) is 56.9 Å². The van der Waals surface area contributed by atoms with Gasteiger partial charge < -0.3 is 14.8 Å². The van der Waals surface area contributed by atoms with Crippen molar-refractivity contribution in [1.29, 1.82) is 0 Å². The fourth-order valence-corrected chi connectivity index (χ4v) is 8.18. The summed E-state index contributed by atoms with van der Waals surface area (Å²) in [5.74, 6) is -2.04. The van der Waals surface area contributed by atoms with Gasteiger partial charge in [0, 0.05) is 37.9 Å². The van der Waals surface area contributed by atoms with E-state index in [2.05, 4.69) is 25.0 Å². The van der Waals surface area contributed by atoms with Crippen LogP contribution in [0.5, 0.6) is 0 Å². The van der Waals surface area contributed by atoms with Crippen molar-refractivity contribution < 1.29 is 25.6 Å². The van der Waals surface area contributed by atoms with E-state index in [4.69, 9.17) is 11.6 Å². The molecule has 0 saturated carbocycles. The van der Waals surface area contributed by atoms with Crippen molar-refractivity contribution in [3.8, 4) is 5.82 Å². The van der Waals surface area contributed by atoms with Gasteiger partial charge in [0.2, 0.25) is 10.0 Å². The first-order valence-corrected chi connectivity index (χ1v) is 17.3. The predicted molar refractivity (Wildman–Crippen MR) is 170 cm³/mol. The molecule has 0 amide bonds. The van der Waals surface area contributed by atoms with Crippen molar-refractivity contribution in [2.24, 2.45) is 0 Å². The number of nitrogens with one attached hydrogen (secondary N) is 2. The molecule has 0 atom stereocenters. The summed E-state index contributed by atoms with van der Waals surface area (Å²) < 4.78 is 87.3. The summed E-state index contributed by atoms with van der Waals surface area (Å²) in [6.45, 7) is 2.34. The molecule has 0 aliphatic carbocycles. The number of aromatic nitrogens is 4. The molecular weight excluding hydrogens is 670 g/mol. The minimum absolute atomic E-state index is 0.0525. The molecule has 0 unspecified atom stereocenters. The van der Waals surface area contributed by atoms with E-state index in [-0.39, 0.29) is 31.3 Å². The minimum Gasteiger partial charge on any atom is -0.333 e. The van der Waals surface area contributed by atoms with E-state index in [0.717, 1.165) is 23.5 Å². The molecule has 2 N–H and O–H groups in total. The number of nitrogens with zero attached hydrogens (tertiary/aromatic N) is 6. The fraction of sp³-hybridized carbons (Fsp3) is 0.222. The quantitative estimate of drug-likeness (QED) is 0.198. The highest BCUT2D eigenvalue weighted by Gasteiger charge is 2.25. The molecule has 18 heteroatoms. The van der Waals surface area contributed by atoms with Gasteiger partial charge in [-0.2, -0.15) is 4.31 Å². The number of hydrogen-bond donors (Lipinski definition) is 2. The number of halogens is 3. The molecule has 0 radical (unpaired) electrons. The van der Waals surface area contributed by atoms with Gasteiger partial charge in [-0.3, -0.25) is 4.72 Å². The first-order chi connectivity index (χ1) is 21.2. The average Bonchev–Trinajstić information content (AvgIpc) is 3.63. The molecular formula is C27H27ClF2N8O4S3. The van der Waals surface area contributed by atoms with E-state index in [1.54, 1.807) is 12.1 Å². The monoisotopic (exact) mass is 696 g/mol. The predicted octanol–water partition coefficient (Wildman–Crippen LogP) is 4.84. The molecule has 238 valence electrons. The van der Waals surface area contributed by atoms with E-state index in [1.807, 2.05) is 19.0 Å². The maximum atomic E-state index is 15.6. The summed E-state index contributed by atoms with van der Waals surface area (Å²) in [5.41, 5.74) is -0.453. The molecule has 4 heterocycles. The number of fused-ring (bicyclic) bond motifs is 1. The van der Waals surface area contributed by atoms with Gasteiger partial charge in [0.15, 0.2) is 11.6 Å². The Morgan fingerprint density at radius 3 is 2.47 bits per heavy atom. The molecule has 0 spiro atoms. The first-order valence-electron chi connectivity index (χ1n) is 13.1. The van der Waals surface area contributed by atoms with Crippen LogP contribution in [0.3, 0.4) is 0 Å². The zero-order chi connectivity index (χ0) is 32.7. The zero-order valence-corrected chi connectivity index (χ0v) is 27.5. The van der Waals surface area contributed by atoms with E-state index in [9.17, 15) is 21.2 Å². The van der Waals surface area contributed by atoms with Gasteiger partial charge in [-0.1, -0.05) is 11.6 Å². The summed E-state index contributed by atoms with van der Waals surface area (Å²) in [6, 6.07) is 6.49. The van der Waals surface area contributed by atoms with Crippen LogP contribution in [-0.4, -0.2) is 79.8 Å². The maximum absolute atomic E-state index is 15.6. The normalized spacial score (nSPS) is 12.4. The topological polar surface area (TPSA) is 142 Å². The van der Waals surface area contributed by atoms with Gasteiger partial charge in [0.05, 0.1) is 16.2 Å². The summed E-state index contributed by atoms with van der Waals surface area (Å²) in [4.78, 5) is 14.7. The molecule has 0 aliphatic rings. The number of pyridine rings is 1. The second-order valence-electron chi connectivity index (χ2n) is 10.2. The Morgan fingerprint density at radius 1 is 1.02 bits per heavy atom. The van der Waals surface area contributed by atoms with Crippen molar-refractivity contribution in [1.82, 2.24) is 28.7 Å². The molecule has 5 aromatic rings. The Kier molecular flexibility index (Phi) is 9.12. The first kappa shape index (κ1) is 32.6. The minimum atomic E-state index is -4.24. The van der Waals surface area contributed by atoms with Crippen LogP contribution in [0.2, 0.25) is 5.02 Å². The molecule has 0 aliphatic heterocycles. The van der Waals surface area contributed by atoms with Crippen LogP contribution >= 0.6 is 22.9 Å². The third-order valence-electron chi connectivity index (χ3n) is 6.72. The van der Waals surface area contributed by atoms with Crippen LogP contribution in [0.1, 0.15) is 5.56 Å². The van der Waals surface area contributed by atoms with Gasteiger partial charge >= 0.3 is 0 Å². The van der Waals surface area contributed by atoms with Crippen molar-refractivity contribution in [3.63, 3.8) is 0 Å². The van der Waals surface area contributed by atoms with E-state index < -0.39 is 43.1 Å². The molecule has 0 bridgehead atoms. The van der Waals surface area contributed by atoms with E-state index in [0.29, 0.717) is 24.2 Å². The van der Waals surface area contributed by atoms with Gasteiger partial charge in [0.1, 0.15) is 38.3 Å². The van der Waals surface area contributed by atoms with Crippen molar-refractivity contribution in [3.05, 3.63) is 76.7 Å². The lowest BCUT2D eigenvalue weighted by Crippen LogP contribution is -2.33. The maximum Gasteiger partial charge on any atom is 0.271 e. The second kappa shape index (κ2) is 12.6. The lowest BCUT2D eigenvalue weighted by Gasteiger charge is -2.18.